The number of anilines is 1. The summed E-state index contributed by atoms with van der Waals surface area (Å²) in [6, 6.07) is -0.0474. The molecule has 0 bridgehead atoms. The monoisotopic (exact) mass is 254 g/mol. The van der Waals surface area contributed by atoms with Gasteiger partial charge in [0.2, 0.25) is 0 Å². The molecule has 0 saturated heterocycles. The van der Waals surface area contributed by atoms with Crippen molar-refractivity contribution in [1.82, 2.24) is 15.5 Å². The molecule has 1 rings (SSSR count). The van der Waals surface area contributed by atoms with Crippen molar-refractivity contribution in [3.8, 4) is 0 Å². The number of H-pyrrole nitrogens is 1. The first kappa shape index (κ1) is 14.5. The third-order valence-corrected chi connectivity index (χ3v) is 2.83. The third-order valence-electron chi connectivity index (χ3n) is 2.83. The number of carbonyl (C=O) groups is 1. The van der Waals surface area contributed by atoms with Gasteiger partial charge < -0.3 is 15.8 Å². The SMILES string of the molecule is CCOCC(NC(=O)c1n[nH]c(C)c1N)C(C)C. The molecule has 0 saturated carbocycles. The van der Waals surface area contributed by atoms with E-state index >= 15 is 0 Å². The quantitative estimate of drug-likeness (QED) is 0.708. The van der Waals surface area contributed by atoms with Gasteiger partial charge in [0.25, 0.3) is 5.91 Å². The molecule has 0 radical (unpaired) electrons. The first-order valence-corrected chi connectivity index (χ1v) is 6.16. The Kier molecular flexibility index (Phi) is 5.15. The number of aromatic nitrogens is 2. The van der Waals surface area contributed by atoms with Crippen LogP contribution in [0, 0.1) is 12.8 Å². The molecule has 1 heterocycles. The van der Waals surface area contributed by atoms with Gasteiger partial charge in [-0.2, -0.15) is 5.10 Å². The largest absolute Gasteiger partial charge is 0.395 e. The Morgan fingerprint density at radius 3 is 2.67 bits per heavy atom. The minimum Gasteiger partial charge on any atom is -0.395 e. The summed E-state index contributed by atoms with van der Waals surface area (Å²) in [6.07, 6.45) is 0. The number of nitrogens with one attached hydrogen (secondary N) is 2. The third kappa shape index (κ3) is 3.46. The molecule has 18 heavy (non-hydrogen) atoms. The van der Waals surface area contributed by atoms with Crippen LogP contribution >= 0.6 is 0 Å². The molecule has 1 atom stereocenters. The van der Waals surface area contributed by atoms with Crippen molar-refractivity contribution in [2.45, 2.75) is 33.7 Å². The fourth-order valence-electron chi connectivity index (χ4n) is 1.49. The zero-order valence-corrected chi connectivity index (χ0v) is 11.4. The van der Waals surface area contributed by atoms with E-state index in [0.717, 1.165) is 0 Å². The molecule has 1 unspecified atom stereocenters. The highest BCUT2D eigenvalue weighted by Crippen LogP contribution is 2.13. The van der Waals surface area contributed by atoms with Crippen molar-refractivity contribution in [2.24, 2.45) is 5.92 Å². The van der Waals surface area contributed by atoms with Gasteiger partial charge in [0.15, 0.2) is 5.69 Å². The number of aryl methyl sites for hydroxylation is 1. The fraction of sp³-hybridized carbons (Fsp3) is 0.667. The second-order valence-corrected chi connectivity index (χ2v) is 4.59. The summed E-state index contributed by atoms with van der Waals surface area (Å²) in [5.41, 5.74) is 7.11. The molecule has 1 aromatic rings. The lowest BCUT2D eigenvalue weighted by molar-refractivity contribution is 0.0802. The highest BCUT2D eigenvalue weighted by molar-refractivity contribution is 5.97. The van der Waals surface area contributed by atoms with E-state index in [9.17, 15) is 4.79 Å². The number of amides is 1. The Morgan fingerprint density at radius 2 is 2.22 bits per heavy atom. The van der Waals surface area contributed by atoms with Gasteiger partial charge >= 0.3 is 0 Å². The number of aromatic amines is 1. The molecular weight excluding hydrogens is 232 g/mol. The molecule has 6 heteroatoms. The Bertz CT molecular complexity index is 401. The lowest BCUT2D eigenvalue weighted by atomic mass is 10.1. The first-order valence-electron chi connectivity index (χ1n) is 6.16. The van der Waals surface area contributed by atoms with E-state index in [2.05, 4.69) is 15.5 Å². The maximum atomic E-state index is 12.0. The molecule has 0 spiro atoms. The van der Waals surface area contributed by atoms with E-state index in [1.54, 1.807) is 6.92 Å². The minimum atomic E-state index is -0.268. The number of nitrogens with two attached hydrogens (primary N) is 1. The van der Waals surface area contributed by atoms with E-state index in [0.29, 0.717) is 24.6 Å². The van der Waals surface area contributed by atoms with Gasteiger partial charge in [0.05, 0.1) is 24.0 Å². The molecule has 1 aromatic heterocycles. The van der Waals surface area contributed by atoms with Crippen LogP contribution in [0.3, 0.4) is 0 Å². The van der Waals surface area contributed by atoms with Gasteiger partial charge in [-0.1, -0.05) is 13.8 Å². The summed E-state index contributed by atoms with van der Waals surface area (Å²) >= 11 is 0. The van der Waals surface area contributed by atoms with Crippen molar-refractivity contribution in [3.05, 3.63) is 11.4 Å². The van der Waals surface area contributed by atoms with Crippen LogP contribution in [-0.2, 0) is 4.74 Å². The van der Waals surface area contributed by atoms with Crippen molar-refractivity contribution in [3.63, 3.8) is 0 Å². The van der Waals surface area contributed by atoms with Crippen LogP contribution in [0.4, 0.5) is 5.69 Å². The van der Waals surface area contributed by atoms with Crippen molar-refractivity contribution in [1.29, 1.82) is 0 Å². The summed E-state index contributed by atoms with van der Waals surface area (Å²) in [5.74, 6) is 0.0111. The maximum absolute atomic E-state index is 12.0. The predicted octanol–water partition coefficient (Wildman–Crippen LogP) is 1.09. The average Bonchev–Trinajstić information content (AvgIpc) is 2.65. The topological polar surface area (TPSA) is 93.0 Å². The van der Waals surface area contributed by atoms with Crippen LogP contribution in [0.5, 0.6) is 0 Å². The van der Waals surface area contributed by atoms with Gasteiger partial charge in [0, 0.05) is 6.61 Å². The lowest BCUT2D eigenvalue weighted by Gasteiger charge is -2.21. The molecule has 0 fully saturated rings. The maximum Gasteiger partial charge on any atom is 0.274 e. The van der Waals surface area contributed by atoms with Gasteiger partial charge in [-0.05, 0) is 19.8 Å². The summed E-state index contributed by atoms with van der Waals surface area (Å²) in [7, 11) is 0. The first-order chi connectivity index (χ1) is 8.47. The zero-order chi connectivity index (χ0) is 13.7. The molecular formula is C12H22N4O2. The van der Waals surface area contributed by atoms with Gasteiger partial charge in [-0.15, -0.1) is 0 Å². The average molecular weight is 254 g/mol. The number of hydrogen-bond donors (Lipinski definition) is 3. The van der Waals surface area contributed by atoms with E-state index in [-0.39, 0.29) is 23.6 Å². The number of nitrogens with zero attached hydrogens (tertiary/aromatic N) is 1. The molecule has 102 valence electrons. The molecule has 0 aromatic carbocycles. The van der Waals surface area contributed by atoms with E-state index < -0.39 is 0 Å². The Hall–Kier alpha value is -1.56. The summed E-state index contributed by atoms with van der Waals surface area (Å²) < 4.78 is 5.35. The second kappa shape index (κ2) is 6.39. The van der Waals surface area contributed by atoms with Gasteiger partial charge in [-0.3, -0.25) is 9.89 Å². The van der Waals surface area contributed by atoms with E-state index in [1.807, 2.05) is 20.8 Å². The highest BCUT2D eigenvalue weighted by Gasteiger charge is 2.21. The molecule has 6 nitrogen and oxygen atoms in total. The second-order valence-electron chi connectivity index (χ2n) is 4.59. The Labute approximate surface area is 107 Å². The molecule has 1 amide bonds. The smallest absolute Gasteiger partial charge is 0.274 e. The number of ether oxygens (including phenoxy) is 1. The lowest BCUT2D eigenvalue weighted by Crippen LogP contribution is -2.42. The van der Waals surface area contributed by atoms with E-state index in [4.69, 9.17) is 10.5 Å². The summed E-state index contributed by atoms with van der Waals surface area (Å²) in [4.78, 5) is 12.0. The van der Waals surface area contributed by atoms with Crippen LogP contribution in [0.2, 0.25) is 0 Å². The minimum absolute atomic E-state index is 0.0474. The molecule has 0 aliphatic rings. The normalized spacial score (nSPS) is 12.7. The van der Waals surface area contributed by atoms with Crippen LogP contribution in [-0.4, -0.2) is 35.4 Å². The number of rotatable bonds is 6. The fourth-order valence-corrected chi connectivity index (χ4v) is 1.49. The molecule has 4 N–H and O–H groups in total. The van der Waals surface area contributed by atoms with Crippen molar-refractivity contribution in [2.75, 3.05) is 18.9 Å². The van der Waals surface area contributed by atoms with Gasteiger partial charge in [-0.25, -0.2) is 0 Å². The molecule has 0 aliphatic carbocycles. The predicted molar refractivity (Wildman–Crippen MR) is 70.3 cm³/mol. The highest BCUT2D eigenvalue weighted by atomic mass is 16.5. The summed E-state index contributed by atoms with van der Waals surface area (Å²) in [6.45, 7) is 8.88. The molecule has 0 aliphatic heterocycles. The summed E-state index contributed by atoms with van der Waals surface area (Å²) in [5, 5.41) is 9.50. The van der Waals surface area contributed by atoms with Crippen molar-refractivity contribution < 1.29 is 9.53 Å². The Morgan fingerprint density at radius 1 is 1.56 bits per heavy atom. The van der Waals surface area contributed by atoms with Crippen molar-refractivity contribution >= 4 is 11.6 Å². The standard InChI is InChI=1S/C12H22N4O2/c1-5-18-6-9(7(2)3)14-12(17)11-10(13)8(4)15-16-11/h7,9H,5-6,13H2,1-4H3,(H,14,17)(H,15,16). The van der Waals surface area contributed by atoms with E-state index in [1.165, 1.54) is 0 Å². The number of hydrogen-bond acceptors (Lipinski definition) is 4. The van der Waals surface area contributed by atoms with Crippen LogP contribution in [0.25, 0.3) is 0 Å². The number of carbonyl (C=O) groups excluding carboxylic acids is 1. The Balaban J connectivity index is 2.69. The van der Waals surface area contributed by atoms with Crippen LogP contribution in [0.1, 0.15) is 37.0 Å². The van der Waals surface area contributed by atoms with Crippen LogP contribution in [0.15, 0.2) is 0 Å². The van der Waals surface area contributed by atoms with Gasteiger partial charge in [0.1, 0.15) is 0 Å². The zero-order valence-electron chi connectivity index (χ0n) is 11.4. The van der Waals surface area contributed by atoms with Crippen LogP contribution < -0.4 is 11.1 Å². The number of nitrogen functional groups attached to an aromatic ring is 1.